The molecule has 0 fully saturated rings. The molecule has 1 amide bonds. The van der Waals surface area contributed by atoms with Crippen molar-refractivity contribution in [2.45, 2.75) is 26.4 Å². The molecule has 9 heteroatoms. The molecule has 172 valence electrons. The Morgan fingerprint density at radius 3 is 2.62 bits per heavy atom. The van der Waals surface area contributed by atoms with E-state index >= 15 is 0 Å². The van der Waals surface area contributed by atoms with Crippen molar-refractivity contribution in [2.75, 3.05) is 0 Å². The van der Waals surface area contributed by atoms with Crippen LogP contribution in [0.2, 0.25) is 0 Å². The van der Waals surface area contributed by atoms with Gasteiger partial charge in [0.05, 0.1) is 26.6 Å². The van der Waals surface area contributed by atoms with Crippen LogP contribution in [-0.4, -0.2) is 32.0 Å². The van der Waals surface area contributed by atoms with E-state index in [1.165, 1.54) is 6.33 Å². The van der Waals surface area contributed by atoms with E-state index in [-0.39, 0.29) is 11.4 Å². The largest absolute Gasteiger partial charge is 0.455 e. The minimum atomic E-state index is -0.778. The number of amides is 1. The summed E-state index contributed by atoms with van der Waals surface area (Å²) in [6.07, 6.45) is 1.24. The number of thiazole rings is 1. The van der Waals surface area contributed by atoms with Crippen molar-refractivity contribution in [1.29, 1.82) is 0 Å². The molecule has 0 unspecified atom stereocenters. The number of ether oxygens (including phenoxy) is 1. The first-order chi connectivity index (χ1) is 16.0. The van der Waals surface area contributed by atoms with Gasteiger partial charge in [-0.1, -0.05) is 31.4 Å². The zero-order valence-electron chi connectivity index (χ0n) is 18.9. The molecule has 0 aliphatic rings. The molecule has 0 aliphatic carbocycles. The number of aromatic nitrogens is 3. The molecule has 0 saturated heterocycles. The summed E-state index contributed by atoms with van der Waals surface area (Å²) in [6.45, 7) is 12.3. The molecule has 4 rings (SSSR count). The second kappa shape index (κ2) is 8.68. The van der Waals surface area contributed by atoms with Crippen LogP contribution in [0.1, 0.15) is 20.8 Å². The van der Waals surface area contributed by atoms with Crippen molar-refractivity contribution in [3.8, 4) is 11.1 Å². The first-order valence-electron chi connectivity index (χ1n) is 10.3. The van der Waals surface area contributed by atoms with Crippen molar-refractivity contribution in [3.05, 3.63) is 77.4 Å². The van der Waals surface area contributed by atoms with Gasteiger partial charge in [-0.2, -0.15) is 0 Å². The molecule has 0 saturated carbocycles. The van der Waals surface area contributed by atoms with Gasteiger partial charge in [0.2, 0.25) is 0 Å². The van der Waals surface area contributed by atoms with Gasteiger partial charge in [0.15, 0.2) is 0 Å². The maximum Gasteiger partial charge on any atom is 0.354 e. The number of nitrogens with one attached hydrogen (secondary N) is 1. The predicted molar refractivity (Wildman–Crippen MR) is 133 cm³/mol. The summed E-state index contributed by atoms with van der Waals surface area (Å²) in [4.78, 5) is 46.7. The van der Waals surface area contributed by atoms with Crippen molar-refractivity contribution >= 4 is 50.0 Å². The van der Waals surface area contributed by atoms with E-state index in [2.05, 4.69) is 28.4 Å². The number of fused-ring (bicyclic) bond motifs is 2. The van der Waals surface area contributed by atoms with Crippen LogP contribution in [-0.2, 0) is 14.3 Å². The monoisotopic (exact) mass is 474 g/mol. The Balaban J connectivity index is 1.64. The summed E-state index contributed by atoms with van der Waals surface area (Å²) in [7, 11) is 0. The average Bonchev–Trinajstić information content (AvgIpc) is 3.25. The number of carbonyl (C=O) groups excluding carboxylic acids is 2. The van der Waals surface area contributed by atoms with E-state index in [0.717, 1.165) is 25.9 Å². The van der Waals surface area contributed by atoms with E-state index in [1.54, 1.807) is 49.8 Å². The van der Waals surface area contributed by atoms with Crippen LogP contribution in [0.5, 0.6) is 0 Å². The first-order valence-corrected chi connectivity index (χ1v) is 11.2. The number of para-hydroxylation sites is 1. The second-order valence-corrected chi connectivity index (χ2v) is 9.42. The maximum absolute atomic E-state index is 13.2. The van der Waals surface area contributed by atoms with Gasteiger partial charge in [-0.3, -0.25) is 14.2 Å². The Hall–Kier alpha value is -4.11. The van der Waals surface area contributed by atoms with E-state index in [0.29, 0.717) is 10.9 Å². The Labute approximate surface area is 199 Å². The number of hydrogen-bond acceptors (Lipinski definition) is 7. The third-order valence-corrected chi connectivity index (χ3v) is 5.70. The Morgan fingerprint density at radius 1 is 1.12 bits per heavy atom. The fourth-order valence-corrected chi connectivity index (χ4v) is 3.97. The SMILES string of the molecule is C=C(NC(=O)C(=C)n1cnc2c(-c3ccc4scnc4c3)cccc2c1=O)C(=O)OC(C)(C)C. The van der Waals surface area contributed by atoms with Crippen LogP contribution >= 0.6 is 11.3 Å². The standard InChI is InChI=1S/C25H22N4O4S/c1-14(24(32)33-25(3,4)5)28-22(30)15(2)29-12-26-21-17(7-6-8-18(21)23(29)31)16-9-10-20-19(11-16)27-13-34-20/h6-13H,1-2H2,3-5H3,(H,28,30). The van der Waals surface area contributed by atoms with Crippen LogP contribution in [0.25, 0.3) is 37.9 Å². The highest BCUT2D eigenvalue weighted by Gasteiger charge is 2.22. The third kappa shape index (κ3) is 4.51. The Morgan fingerprint density at radius 2 is 1.88 bits per heavy atom. The minimum Gasteiger partial charge on any atom is -0.455 e. The topological polar surface area (TPSA) is 103 Å². The number of benzene rings is 2. The highest BCUT2D eigenvalue weighted by Crippen LogP contribution is 2.29. The summed E-state index contributed by atoms with van der Waals surface area (Å²) >= 11 is 1.55. The number of hydrogen-bond donors (Lipinski definition) is 1. The van der Waals surface area contributed by atoms with Gasteiger partial charge < -0.3 is 10.1 Å². The Kier molecular flexibility index (Phi) is 5.89. The van der Waals surface area contributed by atoms with Crippen molar-refractivity contribution in [3.63, 3.8) is 0 Å². The van der Waals surface area contributed by atoms with Crippen LogP contribution in [0.3, 0.4) is 0 Å². The molecule has 34 heavy (non-hydrogen) atoms. The van der Waals surface area contributed by atoms with E-state index in [4.69, 9.17) is 4.74 Å². The van der Waals surface area contributed by atoms with Gasteiger partial charge in [-0.25, -0.2) is 14.8 Å². The van der Waals surface area contributed by atoms with Crippen LogP contribution in [0.4, 0.5) is 0 Å². The van der Waals surface area contributed by atoms with Gasteiger partial charge in [-0.15, -0.1) is 11.3 Å². The minimum absolute atomic E-state index is 0.210. The molecule has 0 atom stereocenters. The van der Waals surface area contributed by atoms with Crippen molar-refractivity contribution in [2.24, 2.45) is 0 Å². The summed E-state index contributed by atoms with van der Waals surface area (Å²) in [5.41, 5.74) is 3.09. The summed E-state index contributed by atoms with van der Waals surface area (Å²) in [5.74, 6) is -1.55. The second-order valence-electron chi connectivity index (χ2n) is 8.54. The number of rotatable bonds is 5. The molecule has 0 aliphatic heterocycles. The zero-order valence-corrected chi connectivity index (χ0v) is 19.7. The summed E-state index contributed by atoms with van der Waals surface area (Å²) in [6, 6.07) is 11.1. The van der Waals surface area contributed by atoms with Crippen LogP contribution in [0.15, 0.2) is 71.9 Å². The van der Waals surface area contributed by atoms with Gasteiger partial charge in [0, 0.05) is 5.56 Å². The molecule has 1 N–H and O–H groups in total. The zero-order chi connectivity index (χ0) is 24.6. The maximum atomic E-state index is 13.2. The van der Waals surface area contributed by atoms with Crippen LogP contribution < -0.4 is 10.9 Å². The lowest BCUT2D eigenvalue weighted by Crippen LogP contribution is -2.35. The first kappa shape index (κ1) is 23.1. The smallest absolute Gasteiger partial charge is 0.354 e. The van der Waals surface area contributed by atoms with Gasteiger partial charge in [0.1, 0.15) is 23.3 Å². The van der Waals surface area contributed by atoms with Crippen molar-refractivity contribution in [1.82, 2.24) is 19.9 Å². The van der Waals surface area contributed by atoms with Crippen molar-refractivity contribution < 1.29 is 14.3 Å². The molecule has 0 radical (unpaired) electrons. The highest BCUT2D eigenvalue weighted by atomic mass is 32.1. The lowest BCUT2D eigenvalue weighted by atomic mass is 10.0. The molecule has 0 bridgehead atoms. The lowest BCUT2D eigenvalue weighted by molar-refractivity contribution is -0.150. The highest BCUT2D eigenvalue weighted by molar-refractivity contribution is 7.16. The predicted octanol–water partition coefficient (Wildman–Crippen LogP) is 4.12. The average molecular weight is 475 g/mol. The molecule has 2 aromatic heterocycles. The molecule has 8 nitrogen and oxygen atoms in total. The molecule has 2 aromatic carbocycles. The fraction of sp³-hybridized carbons (Fsp3) is 0.160. The van der Waals surface area contributed by atoms with E-state index < -0.39 is 23.0 Å². The Bertz CT molecular complexity index is 1540. The third-order valence-electron chi connectivity index (χ3n) is 4.89. The van der Waals surface area contributed by atoms with Gasteiger partial charge in [-0.05, 0) is 44.5 Å². The molecular formula is C25H22N4O4S. The van der Waals surface area contributed by atoms with Gasteiger partial charge >= 0.3 is 5.97 Å². The number of nitrogens with zero attached hydrogens (tertiary/aromatic N) is 3. The van der Waals surface area contributed by atoms with E-state index in [1.807, 2.05) is 24.3 Å². The summed E-state index contributed by atoms with van der Waals surface area (Å²) in [5, 5.41) is 2.64. The number of carbonyl (C=O) groups is 2. The normalized spacial score (nSPS) is 11.4. The van der Waals surface area contributed by atoms with Gasteiger partial charge in [0.25, 0.3) is 11.5 Å². The number of esters is 1. The summed E-state index contributed by atoms with van der Waals surface area (Å²) < 4.78 is 7.28. The quantitative estimate of drug-likeness (QED) is 0.345. The molecule has 0 spiro atoms. The molecule has 4 aromatic rings. The lowest BCUT2D eigenvalue weighted by Gasteiger charge is -2.20. The molecular weight excluding hydrogens is 452 g/mol. The van der Waals surface area contributed by atoms with Crippen LogP contribution in [0, 0.1) is 0 Å². The fourth-order valence-electron chi connectivity index (χ4n) is 3.31. The molecule has 2 heterocycles. The van der Waals surface area contributed by atoms with E-state index in [9.17, 15) is 14.4 Å².